The first-order valence-electron chi connectivity index (χ1n) is 13.9. The van der Waals surface area contributed by atoms with Crippen LogP contribution < -0.4 is 4.90 Å². The third-order valence-electron chi connectivity index (χ3n) is 8.65. The van der Waals surface area contributed by atoms with Gasteiger partial charge in [-0.25, -0.2) is 4.79 Å². The largest absolute Gasteiger partial charge is 0.477 e. The standard InChI is InChI=1S/C29H42N2O4S/c1-4-26(32)30(3)22-14-16-23(17-15-22)31(28(33)21-12-10-19(2)11-13-21)24-18-25(36-27(24)29(34)35)20-8-6-5-7-9-20/h8,18-19,21-23H,4-7,9-17H2,1-3H3,(H,34,35). The minimum Gasteiger partial charge on any atom is -0.477 e. The van der Waals surface area contributed by atoms with Gasteiger partial charge in [-0.1, -0.05) is 19.9 Å². The summed E-state index contributed by atoms with van der Waals surface area (Å²) in [4.78, 5) is 43.8. The lowest BCUT2D eigenvalue weighted by atomic mass is 9.81. The van der Waals surface area contributed by atoms with Crippen molar-refractivity contribution in [3.63, 3.8) is 0 Å². The molecule has 2 saturated carbocycles. The smallest absolute Gasteiger partial charge is 0.348 e. The van der Waals surface area contributed by atoms with Crippen LogP contribution in [-0.2, 0) is 9.59 Å². The molecule has 0 bridgehead atoms. The number of rotatable bonds is 7. The molecule has 0 saturated heterocycles. The van der Waals surface area contributed by atoms with Crippen LogP contribution in [0.15, 0.2) is 12.1 Å². The highest BCUT2D eigenvalue weighted by Gasteiger charge is 2.38. The second-order valence-electron chi connectivity index (χ2n) is 11.1. The van der Waals surface area contributed by atoms with Crippen molar-refractivity contribution in [1.82, 2.24) is 4.90 Å². The molecule has 1 aromatic rings. The van der Waals surface area contributed by atoms with Crippen LogP contribution in [0.25, 0.3) is 5.57 Å². The molecule has 3 aliphatic rings. The average Bonchev–Trinajstić information content (AvgIpc) is 3.34. The van der Waals surface area contributed by atoms with E-state index in [0.717, 1.165) is 75.5 Å². The Kier molecular flexibility index (Phi) is 8.91. The lowest BCUT2D eigenvalue weighted by molar-refractivity contribution is -0.132. The summed E-state index contributed by atoms with van der Waals surface area (Å²) in [6.45, 7) is 4.14. The van der Waals surface area contributed by atoms with Gasteiger partial charge in [0, 0.05) is 36.3 Å². The van der Waals surface area contributed by atoms with Crippen molar-refractivity contribution in [2.45, 2.75) is 109 Å². The molecule has 36 heavy (non-hydrogen) atoms. The average molecular weight is 515 g/mol. The molecule has 7 heteroatoms. The molecule has 2 fully saturated rings. The number of hydrogen-bond acceptors (Lipinski definition) is 4. The number of hydrogen-bond donors (Lipinski definition) is 1. The molecule has 0 aromatic carbocycles. The van der Waals surface area contributed by atoms with Crippen molar-refractivity contribution < 1.29 is 19.5 Å². The highest BCUT2D eigenvalue weighted by molar-refractivity contribution is 7.15. The quantitative estimate of drug-likeness (QED) is 0.437. The summed E-state index contributed by atoms with van der Waals surface area (Å²) in [6.07, 6.45) is 14.1. The Morgan fingerprint density at radius 3 is 2.25 bits per heavy atom. The zero-order valence-electron chi connectivity index (χ0n) is 22.1. The van der Waals surface area contributed by atoms with Gasteiger partial charge in [0.25, 0.3) is 0 Å². The third kappa shape index (κ3) is 5.87. The zero-order valence-corrected chi connectivity index (χ0v) is 22.9. The van der Waals surface area contributed by atoms with Gasteiger partial charge >= 0.3 is 5.97 Å². The molecule has 1 heterocycles. The molecule has 0 radical (unpaired) electrons. The summed E-state index contributed by atoms with van der Waals surface area (Å²) in [5.74, 6) is -0.0890. The number of carboxylic acid groups (broad SMARTS) is 1. The van der Waals surface area contributed by atoms with Crippen LogP contribution in [0.4, 0.5) is 5.69 Å². The summed E-state index contributed by atoms with van der Waals surface area (Å²) >= 11 is 1.33. The van der Waals surface area contributed by atoms with E-state index in [1.54, 1.807) is 0 Å². The van der Waals surface area contributed by atoms with E-state index in [1.165, 1.54) is 23.3 Å². The van der Waals surface area contributed by atoms with Gasteiger partial charge in [-0.05, 0) is 94.6 Å². The monoisotopic (exact) mass is 514 g/mol. The van der Waals surface area contributed by atoms with E-state index < -0.39 is 5.97 Å². The van der Waals surface area contributed by atoms with Crippen LogP contribution in [0.2, 0.25) is 0 Å². The Morgan fingerprint density at radius 2 is 1.67 bits per heavy atom. The van der Waals surface area contributed by atoms with Crippen molar-refractivity contribution in [2.75, 3.05) is 11.9 Å². The van der Waals surface area contributed by atoms with Gasteiger partial charge in [0.15, 0.2) is 0 Å². The Bertz CT molecular complexity index is 983. The van der Waals surface area contributed by atoms with E-state index in [1.807, 2.05) is 29.8 Å². The summed E-state index contributed by atoms with van der Waals surface area (Å²) in [5.41, 5.74) is 1.82. The Hall–Kier alpha value is -2.15. The number of aromatic carboxylic acids is 1. The van der Waals surface area contributed by atoms with Gasteiger partial charge in [0.05, 0.1) is 5.69 Å². The van der Waals surface area contributed by atoms with Crippen LogP contribution in [-0.4, -0.2) is 46.9 Å². The van der Waals surface area contributed by atoms with E-state index in [0.29, 0.717) is 18.0 Å². The second kappa shape index (κ2) is 11.9. The Morgan fingerprint density at radius 1 is 1.00 bits per heavy atom. The predicted octanol–water partition coefficient (Wildman–Crippen LogP) is 6.74. The maximum atomic E-state index is 14.1. The minimum atomic E-state index is -0.949. The molecule has 4 rings (SSSR count). The van der Waals surface area contributed by atoms with Gasteiger partial charge in [-0.3, -0.25) is 9.59 Å². The topological polar surface area (TPSA) is 77.9 Å². The SMILES string of the molecule is CCC(=O)N(C)C1CCC(N(C(=O)C2CCC(C)CC2)c2cc(C3=CCCCC3)sc2C(=O)O)CC1. The molecule has 0 spiro atoms. The lowest BCUT2D eigenvalue weighted by Crippen LogP contribution is -2.49. The highest BCUT2D eigenvalue weighted by Crippen LogP contribution is 2.42. The van der Waals surface area contributed by atoms with Gasteiger partial charge in [0.2, 0.25) is 11.8 Å². The predicted molar refractivity (Wildman–Crippen MR) is 145 cm³/mol. The lowest BCUT2D eigenvalue weighted by Gasteiger charge is -2.41. The third-order valence-corrected chi connectivity index (χ3v) is 9.84. The fourth-order valence-electron chi connectivity index (χ4n) is 6.29. The number of thiophene rings is 1. The molecule has 3 aliphatic carbocycles. The number of carbonyl (C=O) groups excluding carboxylic acids is 2. The molecular weight excluding hydrogens is 472 g/mol. The van der Waals surface area contributed by atoms with Gasteiger partial charge < -0.3 is 14.9 Å². The maximum Gasteiger partial charge on any atom is 0.348 e. The van der Waals surface area contributed by atoms with E-state index in [9.17, 15) is 19.5 Å². The van der Waals surface area contributed by atoms with Crippen molar-refractivity contribution in [1.29, 1.82) is 0 Å². The van der Waals surface area contributed by atoms with Crippen molar-refractivity contribution in [2.24, 2.45) is 11.8 Å². The molecule has 1 N–H and O–H groups in total. The van der Waals surface area contributed by atoms with Gasteiger partial charge in [-0.2, -0.15) is 0 Å². The van der Waals surface area contributed by atoms with Crippen LogP contribution in [0.1, 0.15) is 112 Å². The van der Waals surface area contributed by atoms with E-state index in [4.69, 9.17) is 0 Å². The first-order valence-corrected chi connectivity index (χ1v) is 14.8. The summed E-state index contributed by atoms with van der Waals surface area (Å²) < 4.78 is 0. The molecule has 0 aliphatic heterocycles. The van der Waals surface area contributed by atoms with Crippen LogP contribution in [0, 0.1) is 11.8 Å². The summed E-state index contributed by atoms with van der Waals surface area (Å²) in [6, 6.07) is 2.15. The van der Waals surface area contributed by atoms with Gasteiger partial charge in [0.1, 0.15) is 4.88 Å². The maximum absolute atomic E-state index is 14.1. The molecular formula is C29H42N2O4S. The number of amides is 2. The Labute approximate surface area is 219 Å². The molecule has 6 nitrogen and oxygen atoms in total. The molecule has 0 atom stereocenters. The van der Waals surface area contributed by atoms with E-state index in [2.05, 4.69) is 13.0 Å². The van der Waals surface area contributed by atoms with E-state index in [-0.39, 0.29) is 34.7 Å². The number of allylic oxidation sites excluding steroid dienone is 2. The molecule has 198 valence electrons. The Balaban J connectivity index is 1.64. The summed E-state index contributed by atoms with van der Waals surface area (Å²) in [7, 11) is 1.88. The number of carbonyl (C=O) groups is 3. The molecule has 1 aromatic heterocycles. The molecule has 0 unspecified atom stereocenters. The minimum absolute atomic E-state index is 0.0286. The van der Waals surface area contributed by atoms with Gasteiger partial charge in [-0.15, -0.1) is 11.3 Å². The highest BCUT2D eigenvalue weighted by atomic mass is 32.1. The fourth-order valence-corrected chi connectivity index (χ4v) is 7.35. The van der Waals surface area contributed by atoms with Crippen molar-refractivity contribution in [3.05, 3.63) is 21.9 Å². The second-order valence-corrected chi connectivity index (χ2v) is 12.1. The van der Waals surface area contributed by atoms with Crippen molar-refractivity contribution >= 4 is 40.4 Å². The molecule has 2 amide bonds. The summed E-state index contributed by atoms with van der Waals surface area (Å²) in [5, 5.41) is 10.2. The van der Waals surface area contributed by atoms with Crippen LogP contribution in [0.5, 0.6) is 0 Å². The number of nitrogens with zero attached hydrogens (tertiary/aromatic N) is 2. The van der Waals surface area contributed by atoms with Crippen LogP contribution in [0.3, 0.4) is 0 Å². The van der Waals surface area contributed by atoms with Crippen LogP contribution >= 0.6 is 11.3 Å². The fraction of sp³-hybridized carbons (Fsp3) is 0.690. The first-order chi connectivity index (χ1) is 17.3. The van der Waals surface area contributed by atoms with Crippen molar-refractivity contribution in [3.8, 4) is 0 Å². The first kappa shape index (κ1) is 26.9. The zero-order chi connectivity index (χ0) is 25.8. The number of carboxylic acids is 1. The normalized spacial score (nSPS) is 26.7. The number of anilines is 1. The van der Waals surface area contributed by atoms with E-state index >= 15 is 0 Å².